The van der Waals surface area contributed by atoms with E-state index in [4.69, 9.17) is 11.6 Å². The van der Waals surface area contributed by atoms with E-state index in [1.807, 2.05) is 12.3 Å². The Morgan fingerprint density at radius 1 is 0.963 bits per heavy atom. The normalized spacial score (nSPS) is 26.8. The van der Waals surface area contributed by atoms with E-state index in [2.05, 4.69) is 43.8 Å². The van der Waals surface area contributed by atoms with Gasteiger partial charge in [0.15, 0.2) is 0 Å². The number of likely N-dealkylation sites (N-methyl/N-ethyl adjacent to an activating group) is 1. The van der Waals surface area contributed by atoms with Crippen LogP contribution in [0, 0.1) is 0 Å². The molecule has 2 fully saturated rings. The van der Waals surface area contributed by atoms with Gasteiger partial charge in [0.2, 0.25) is 0 Å². The van der Waals surface area contributed by atoms with Gasteiger partial charge in [-0.25, -0.2) is 0 Å². The number of alkyl halides is 1. The Morgan fingerprint density at radius 2 is 1.59 bits per heavy atom. The molecule has 5 nitrogen and oxygen atoms in total. The minimum atomic E-state index is 0. The standard InChI is InChI=1S/C17H28ClN5.2ClH.2Mn/c1-20-6-7-21-8-9-22(14-16-4-2-3-5-19-16)11-13-23(12-10-21)17(18)15-20;;;;/h2-5,17H,6-15H2,1H3;2*1H;;/q;;;2*+2/p-2. The summed E-state index contributed by atoms with van der Waals surface area (Å²) in [5, 5.41) is 0. The number of fused-ring (bicyclic) bond motifs is 3. The van der Waals surface area contributed by atoms with Crippen LogP contribution in [0.1, 0.15) is 5.69 Å². The van der Waals surface area contributed by atoms with E-state index in [0.29, 0.717) is 0 Å². The van der Waals surface area contributed by atoms with Crippen LogP contribution < -0.4 is 24.8 Å². The molecule has 0 N–H and O–H groups in total. The van der Waals surface area contributed by atoms with Crippen LogP contribution >= 0.6 is 11.6 Å². The monoisotopic (exact) mass is 517 g/mol. The predicted molar refractivity (Wildman–Crippen MR) is 94.7 cm³/mol. The van der Waals surface area contributed by atoms with E-state index in [9.17, 15) is 0 Å². The van der Waals surface area contributed by atoms with Crippen molar-refractivity contribution in [2.24, 2.45) is 0 Å². The Morgan fingerprint density at radius 3 is 2.30 bits per heavy atom. The third kappa shape index (κ3) is 9.97. The van der Waals surface area contributed by atoms with Crippen LogP contribution in [0.4, 0.5) is 0 Å². The van der Waals surface area contributed by atoms with Crippen LogP contribution in [-0.2, 0) is 40.7 Å². The Kier molecular flexibility index (Phi) is 17.5. The minimum absolute atomic E-state index is 0. The second-order valence-corrected chi connectivity index (χ2v) is 7.18. The van der Waals surface area contributed by atoms with E-state index >= 15 is 0 Å². The Hall–Kier alpha value is 0.899. The molecule has 1 aromatic heterocycles. The number of hydrogen-bond acceptors (Lipinski definition) is 5. The molecule has 2 bridgehead atoms. The van der Waals surface area contributed by atoms with Crippen molar-refractivity contribution in [3.63, 3.8) is 0 Å². The predicted octanol–water partition coefficient (Wildman–Crippen LogP) is -4.99. The van der Waals surface area contributed by atoms with E-state index in [0.717, 1.165) is 71.1 Å². The molecule has 0 aliphatic carbocycles. The second kappa shape index (κ2) is 15.7. The van der Waals surface area contributed by atoms with Gasteiger partial charge in [-0.2, -0.15) is 0 Å². The van der Waals surface area contributed by atoms with Crippen molar-refractivity contribution in [3.05, 3.63) is 30.1 Å². The zero-order chi connectivity index (χ0) is 16.1. The van der Waals surface area contributed by atoms with Gasteiger partial charge >= 0.3 is 34.1 Å². The molecular weight excluding hydrogens is 490 g/mol. The molecule has 2 aliphatic heterocycles. The fourth-order valence-electron chi connectivity index (χ4n) is 3.32. The van der Waals surface area contributed by atoms with Crippen LogP contribution in [0.15, 0.2) is 24.4 Å². The van der Waals surface area contributed by atoms with Gasteiger partial charge in [0.25, 0.3) is 0 Å². The maximum Gasteiger partial charge on any atom is 2.00 e. The molecule has 2 radical (unpaired) electrons. The summed E-state index contributed by atoms with van der Waals surface area (Å²) in [5.41, 5.74) is 1.26. The van der Waals surface area contributed by atoms with Crippen molar-refractivity contribution in [1.82, 2.24) is 24.6 Å². The fraction of sp³-hybridized carbons (Fsp3) is 0.706. The quantitative estimate of drug-likeness (QED) is 0.222. The summed E-state index contributed by atoms with van der Waals surface area (Å²) in [4.78, 5) is 14.4. The minimum Gasteiger partial charge on any atom is -1.00 e. The van der Waals surface area contributed by atoms with Gasteiger partial charge in [-0.1, -0.05) is 6.07 Å². The number of halogens is 3. The summed E-state index contributed by atoms with van der Waals surface area (Å²) in [5.74, 6) is 0. The molecule has 0 amide bonds. The smallest absolute Gasteiger partial charge is 1.00 e. The Balaban J connectivity index is 0. The molecule has 0 saturated carbocycles. The van der Waals surface area contributed by atoms with E-state index in [-0.39, 0.29) is 64.5 Å². The number of aromatic nitrogens is 1. The molecule has 3 unspecified atom stereocenters. The van der Waals surface area contributed by atoms with E-state index < -0.39 is 0 Å². The molecule has 3 rings (SSSR count). The van der Waals surface area contributed by atoms with Crippen molar-refractivity contribution in [3.8, 4) is 0 Å². The first kappa shape index (κ1) is 30.1. The van der Waals surface area contributed by atoms with Crippen molar-refractivity contribution in [2.45, 2.75) is 12.0 Å². The maximum absolute atomic E-state index is 6.67. The molecular formula is C17H28Cl3Mn2N5+2. The van der Waals surface area contributed by atoms with Crippen LogP contribution in [0.3, 0.4) is 0 Å². The number of hydrogen-bond donors (Lipinski definition) is 0. The van der Waals surface area contributed by atoms with E-state index in [1.54, 1.807) is 0 Å². The van der Waals surface area contributed by atoms with Gasteiger partial charge in [-0.15, -0.1) is 11.6 Å². The molecule has 3 atom stereocenters. The topological polar surface area (TPSA) is 25.9 Å². The molecule has 2 saturated heterocycles. The number of rotatable bonds is 2. The number of nitrogens with zero attached hydrogens (tertiary/aromatic N) is 5. The largest absolute Gasteiger partial charge is 2.00 e. The van der Waals surface area contributed by atoms with Crippen LogP contribution in [-0.4, -0.2) is 96.0 Å². The summed E-state index contributed by atoms with van der Waals surface area (Å²) < 4.78 is 0. The summed E-state index contributed by atoms with van der Waals surface area (Å²) in [6.45, 7) is 10.6. The second-order valence-electron chi connectivity index (χ2n) is 6.67. The zero-order valence-corrected chi connectivity index (χ0v) is 20.2. The first-order chi connectivity index (χ1) is 11.2. The van der Waals surface area contributed by atoms with Crippen molar-refractivity contribution in [2.75, 3.05) is 66.0 Å². The molecule has 0 spiro atoms. The first-order valence-electron chi connectivity index (χ1n) is 8.62. The summed E-state index contributed by atoms with van der Waals surface area (Å²) in [6, 6.07) is 6.16. The maximum atomic E-state index is 6.67. The van der Waals surface area contributed by atoms with Gasteiger partial charge in [0.05, 0.1) is 11.2 Å². The molecule has 27 heavy (non-hydrogen) atoms. The fourth-order valence-corrected chi connectivity index (χ4v) is 3.75. The van der Waals surface area contributed by atoms with Gasteiger partial charge in [-0.05, 0) is 19.2 Å². The van der Waals surface area contributed by atoms with Crippen LogP contribution in [0.5, 0.6) is 0 Å². The molecule has 2 aliphatic rings. The third-order valence-electron chi connectivity index (χ3n) is 4.91. The Bertz CT molecular complexity index is 489. The zero-order valence-electron chi connectivity index (χ0n) is 15.6. The van der Waals surface area contributed by atoms with Crippen LogP contribution in [0.2, 0.25) is 0 Å². The summed E-state index contributed by atoms with van der Waals surface area (Å²) >= 11 is 6.67. The summed E-state index contributed by atoms with van der Waals surface area (Å²) in [6.07, 6.45) is 1.88. The van der Waals surface area contributed by atoms with Crippen LogP contribution in [0.25, 0.3) is 0 Å². The molecule has 10 heteroatoms. The van der Waals surface area contributed by atoms with Crippen molar-refractivity contribution < 1.29 is 59.0 Å². The van der Waals surface area contributed by atoms with Gasteiger partial charge < -0.3 is 29.7 Å². The van der Waals surface area contributed by atoms with Gasteiger partial charge in [0.1, 0.15) is 0 Å². The summed E-state index contributed by atoms with van der Waals surface area (Å²) in [7, 11) is 2.18. The van der Waals surface area contributed by atoms with Crippen molar-refractivity contribution >= 4 is 11.6 Å². The number of pyridine rings is 1. The first-order valence-corrected chi connectivity index (χ1v) is 9.05. The van der Waals surface area contributed by atoms with Gasteiger partial charge in [0, 0.05) is 71.6 Å². The molecule has 0 aromatic carbocycles. The third-order valence-corrected chi connectivity index (χ3v) is 5.32. The van der Waals surface area contributed by atoms with Gasteiger partial charge in [-0.3, -0.25) is 19.7 Å². The van der Waals surface area contributed by atoms with E-state index in [1.165, 1.54) is 0 Å². The van der Waals surface area contributed by atoms with Crippen molar-refractivity contribution in [1.29, 1.82) is 0 Å². The molecule has 3 heterocycles. The average Bonchev–Trinajstić information content (AvgIpc) is 2.68. The average molecular weight is 519 g/mol. The molecule has 154 valence electrons. The SMILES string of the molecule is CN1CCN2CCN(Cc3ccccn3)CCN(CC2)C(Cl)C1.[Cl-].[Cl-].[Mn+2].[Mn+2]. The molecule has 1 aromatic rings. The Labute approximate surface area is 202 Å².